The van der Waals surface area contributed by atoms with Crippen molar-refractivity contribution < 1.29 is 18.7 Å². The first kappa shape index (κ1) is 17.7. The van der Waals surface area contributed by atoms with Crippen molar-refractivity contribution in [2.45, 2.75) is 26.2 Å². The molecule has 2 aromatic carbocycles. The van der Waals surface area contributed by atoms with Crippen LogP contribution < -0.4 is 5.32 Å². The molecule has 0 aliphatic carbocycles. The molecule has 0 saturated carbocycles. The summed E-state index contributed by atoms with van der Waals surface area (Å²) in [5.41, 5.74) is 1.31. The first-order chi connectivity index (χ1) is 11.6. The summed E-state index contributed by atoms with van der Waals surface area (Å²) in [6, 6.07) is 12.6. The van der Waals surface area contributed by atoms with Gasteiger partial charge < -0.3 is 10.1 Å². The lowest BCUT2D eigenvalue weighted by molar-refractivity contribution is -0.115. The minimum atomic E-state index is -0.405. The van der Waals surface area contributed by atoms with Crippen LogP contribution in [0.4, 0.5) is 10.1 Å². The highest BCUT2D eigenvalue weighted by Gasteiger charge is 2.10. The van der Waals surface area contributed by atoms with Crippen molar-refractivity contribution in [3.63, 3.8) is 0 Å². The molecule has 0 aromatic heterocycles. The summed E-state index contributed by atoms with van der Waals surface area (Å²) in [6.45, 7) is 2.42. The average Bonchev–Trinajstić information content (AvgIpc) is 2.58. The number of esters is 1. The Bertz CT molecular complexity index is 698. The number of rotatable bonds is 7. The molecule has 0 spiro atoms. The number of benzene rings is 2. The van der Waals surface area contributed by atoms with Crippen LogP contribution in [0, 0.1) is 5.82 Å². The Morgan fingerprint density at radius 2 is 1.79 bits per heavy atom. The summed E-state index contributed by atoms with van der Waals surface area (Å²) in [5, 5.41) is 2.68. The molecule has 0 unspecified atom stereocenters. The molecular weight excluding hydrogens is 309 g/mol. The van der Waals surface area contributed by atoms with Crippen molar-refractivity contribution >= 4 is 17.6 Å². The van der Waals surface area contributed by atoms with Gasteiger partial charge in [0.2, 0.25) is 5.91 Å². The van der Waals surface area contributed by atoms with Crippen LogP contribution in [0.2, 0.25) is 0 Å². The number of anilines is 1. The van der Waals surface area contributed by atoms with E-state index in [1.54, 1.807) is 42.5 Å². The number of amides is 1. The second kappa shape index (κ2) is 8.82. The Morgan fingerprint density at radius 3 is 2.46 bits per heavy atom. The smallest absolute Gasteiger partial charge is 0.338 e. The molecule has 24 heavy (non-hydrogen) atoms. The van der Waals surface area contributed by atoms with Gasteiger partial charge in [0.05, 0.1) is 18.6 Å². The monoisotopic (exact) mass is 329 g/mol. The third kappa shape index (κ3) is 5.19. The molecule has 0 radical (unpaired) electrons. The van der Waals surface area contributed by atoms with Gasteiger partial charge >= 0.3 is 5.97 Å². The van der Waals surface area contributed by atoms with Crippen molar-refractivity contribution in [1.82, 2.24) is 0 Å². The van der Waals surface area contributed by atoms with Gasteiger partial charge in [-0.15, -0.1) is 0 Å². The quantitative estimate of drug-likeness (QED) is 0.618. The van der Waals surface area contributed by atoms with Gasteiger partial charge in [-0.3, -0.25) is 4.79 Å². The Morgan fingerprint density at radius 1 is 1.08 bits per heavy atom. The fourth-order valence-corrected chi connectivity index (χ4v) is 2.10. The first-order valence-corrected chi connectivity index (χ1v) is 7.90. The zero-order chi connectivity index (χ0) is 17.4. The van der Waals surface area contributed by atoms with Crippen molar-refractivity contribution in [2.75, 3.05) is 11.9 Å². The van der Waals surface area contributed by atoms with Crippen molar-refractivity contribution in [1.29, 1.82) is 0 Å². The second-order valence-corrected chi connectivity index (χ2v) is 5.38. The molecule has 2 rings (SSSR count). The number of unbranched alkanes of at least 4 members (excludes halogenated alkanes) is 1. The second-order valence-electron chi connectivity index (χ2n) is 5.38. The van der Waals surface area contributed by atoms with E-state index in [1.807, 2.05) is 6.92 Å². The molecule has 126 valence electrons. The summed E-state index contributed by atoms with van der Waals surface area (Å²) in [6.07, 6.45) is 1.74. The minimum Gasteiger partial charge on any atom is -0.462 e. The van der Waals surface area contributed by atoms with Crippen LogP contribution >= 0.6 is 0 Å². The van der Waals surface area contributed by atoms with Crippen LogP contribution in [0.15, 0.2) is 48.5 Å². The highest BCUT2D eigenvalue weighted by Crippen LogP contribution is 2.13. The molecule has 0 aliphatic rings. The molecule has 0 atom stereocenters. The van der Waals surface area contributed by atoms with Crippen molar-refractivity contribution in [3.05, 3.63) is 65.5 Å². The van der Waals surface area contributed by atoms with E-state index in [-0.39, 0.29) is 18.3 Å². The molecule has 1 amide bonds. The predicted molar refractivity (Wildman–Crippen MR) is 90.4 cm³/mol. The molecule has 0 saturated heterocycles. The summed E-state index contributed by atoms with van der Waals surface area (Å²) >= 11 is 0. The average molecular weight is 329 g/mol. The molecule has 0 aliphatic heterocycles. The molecule has 2 aromatic rings. The number of carbonyl (C=O) groups is 2. The topological polar surface area (TPSA) is 55.4 Å². The summed E-state index contributed by atoms with van der Waals surface area (Å²) in [5.74, 6) is -1.11. The zero-order valence-electron chi connectivity index (χ0n) is 13.5. The van der Waals surface area contributed by atoms with E-state index in [2.05, 4.69) is 5.32 Å². The lowest BCUT2D eigenvalue weighted by Crippen LogP contribution is -2.15. The van der Waals surface area contributed by atoms with E-state index in [9.17, 15) is 14.0 Å². The van der Waals surface area contributed by atoms with Gasteiger partial charge in [0, 0.05) is 5.69 Å². The van der Waals surface area contributed by atoms with Gasteiger partial charge in [-0.2, -0.15) is 0 Å². The predicted octanol–water partition coefficient (Wildman–Crippen LogP) is 3.96. The zero-order valence-corrected chi connectivity index (χ0v) is 13.5. The van der Waals surface area contributed by atoms with Crippen molar-refractivity contribution in [2.24, 2.45) is 0 Å². The number of carbonyl (C=O) groups excluding carboxylic acids is 2. The third-order valence-corrected chi connectivity index (χ3v) is 3.44. The van der Waals surface area contributed by atoms with Crippen LogP contribution in [0.1, 0.15) is 35.7 Å². The number of ether oxygens (including phenoxy) is 1. The van der Waals surface area contributed by atoms with Gasteiger partial charge in [-0.1, -0.05) is 31.5 Å². The lowest BCUT2D eigenvalue weighted by Gasteiger charge is -2.07. The summed E-state index contributed by atoms with van der Waals surface area (Å²) < 4.78 is 18.6. The van der Waals surface area contributed by atoms with Gasteiger partial charge in [0.15, 0.2) is 0 Å². The van der Waals surface area contributed by atoms with Crippen LogP contribution in [-0.2, 0) is 16.0 Å². The largest absolute Gasteiger partial charge is 0.462 e. The molecular formula is C19H20FNO3. The molecule has 0 fully saturated rings. The molecule has 4 nitrogen and oxygen atoms in total. The molecule has 0 heterocycles. The van der Waals surface area contributed by atoms with Gasteiger partial charge in [0.1, 0.15) is 5.82 Å². The number of hydrogen-bond acceptors (Lipinski definition) is 3. The maximum absolute atomic E-state index is 13.5. The SMILES string of the molecule is CCCCOC(=O)c1ccc(NC(=O)Cc2ccccc2F)cc1. The first-order valence-electron chi connectivity index (χ1n) is 7.90. The van der Waals surface area contributed by atoms with Gasteiger partial charge in [-0.25, -0.2) is 9.18 Å². The highest BCUT2D eigenvalue weighted by atomic mass is 19.1. The Balaban J connectivity index is 1.90. The van der Waals surface area contributed by atoms with E-state index >= 15 is 0 Å². The Hall–Kier alpha value is -2.69. The third-order valence-electron chi connectivity index (χ3n) is 3.44. The van der Waals surface area contributed by atoms with Gasteiger partial charge in [-0.05, 0) is 42.3 Å². The van der Waals surface area contributed by atoms with Crippen molar-refractivity contribution in [3.8, 4) is 0 Å². The number of hydrogen-bond donors (Lipinski definition) is 1. The minimum absolute atomic E-state index is 0.0481. The fraction of sp³-hybridized carbons (Fsp3) is 0.263. The lowest BCUT2D eigenvalue weighted by atomic mass is 10.1. The fourth-order valence-electron chi connectivity index (χ4n) is 2.10. The standard InChI is InChI=1S/C19H20FNO3/c1-2-3-12-24-19(23)14-8-10-16(11-9-14)21-18(22)13-15-6-4-5-7-17(15)20/h4-11H,2-3,12-13H2,1H3,(H,21,22). The van der Waals surface area contributed by atoms with Gasteiger partial charge in [0.25, 0.3) is 0 Å². The van der Waals surface area contributed by atoms with Crippen LogP contribution in [0.3, 0.4) is 0 Å². The maximum Gasteiger partial charge on any atom is 0.338 e. The normalized spacial score (nSPS) is 10.2. The Kier molecular flexibility index (Phi) is 6.49. The van der Waals surface area contributed by atoms with E-state index in [0.717, 1.165) is 12.8 Å². The van der Waals surface area contributed by atoms with Crippen LogP contribution in [-0.4, -0.2) is 18.5 Å². The van der Waals surface area contributed by atoms with E-state index in [4.69, 9.17) is 4.74 Å². The maximum atomic E-state index is 13.5. The molecule has 1 N–H and O–H groups in total. The van der Waals surface area contributed by atoms with Crippen LogP contribution in [0.5, 0.6) is 0 Å². The number of nitrogens with one attached hydrogen (secondary N) is 1. The Labute approximate surface area is 140 Å². The van der Waals surface area contributed by atoms with E-state index in [1.165, 1.54) is 6.07 Å². The summed E-state index contributed by atoms with van der Waals surface area (Å²) in [4.78, 5) is 23.7. The summed E-state index contributed by atoms with van der Waals surface area (Å²) in [7, 11) is 0. The molecule has 5 heteroatoms. The van der Waals surface area contributed by atoms with Crippen LogP contribution in [0.25, 0.3) is 0 Å². The van der Waals surface area contributed by atoms with E-state index in [0.29, 0.717) is 23.4 Å². The molecule has 0 bridgehead atoms. The van der Waals surface area contributed by atoms with E-state index < -0.39 is 5.82 Å². The highest BCUT2D eigenvalue weighted by molar-refractivity contribution is 5.94. The number of halogens is 1.